The maximum atomic E-state index is 12.1. The number of ether oxygens (including phenoxy) is 1. The molecule has 8 nitrogen and oxygen atoms in total. The van der Waals surface area contributed by atoms with Gasteiger partial charge in [0.2, 0.25) is 0 Å². The zero-order valence-electron chi connectivity index (χ0n) is 16.4. The number of amides is 2. The van der Waals surface area contributed by atoms with Gasteiger partial charge in [-0.05, 0) is 25.1 Å². The Morgan fingerprint density at radius 1 is 1.07 bits per heavy atom. The van der Waals surface area contributed by atoms with E-state index in [0.29, 0.717) is 61.5 Å². The van der Waals surface area contributed by atoms with Crippen molar-refractivity contribution < 1.29 is 14.3 Å². The van der Waals surface area contributed by atoms with E-state index in [9.17, 15) is 9.59 Å². The van der Waals surface area contributed by atoms with Crippen LogP contribution in [0.25, 0.3) is 0 Å². The van der Waals surface area contributed by atoms with Crippen LogP contribution in [-0.4, -0.2) is 80.7 Å². The lowest BCUT2D eigenvalue weighted by Gasteiger charge is -2.35. The molecule has 1 aliphatic rings. The Hall–Kier alpha value is -1.46. The smallest absolute Gasteiger partial charge is 0.409 e. The highest BCUT2D eigenvalue weighted by molar-refractivity contribution is 14.0. The number of halogens is 3. The van der Waals surface area contributed by atoms with Crippen LogP contribution in [0.5, 0.6) is 0 Å². The first kappa shape index (κ1) is 25.6. The van der Waals surface area contributed by atoms with E-state index in [1.54, 1.807) is 31.0 Å². The summed E-state index contributed by atoms with van der Waals surface area (Å²) < 4.78 is 5.02. The van der Waals surface area contributed by atoms with Gasteiger partial charge in [0.15, 0.2) is 5.96 Å². The molecule has 0 aromatic heterocycles. The second kappa shape index (κ2) is 13.0. The number of guanidine groups is 1. The molecule has 0 saturated carbocycles. The van der Waals surface area contributed by atoms with Gasteiger partial charge in [0, 0.05) is 51.9 Å². The van der Waals surface area contributed by atoms with Gasteiger partial charge in [-0.15, -0.1) is 24.0 Å². The number of rotatable bonds is 5. The molecule has 1 aromatic rings. The molecular formula is C18H26Cl2IN5O3. The summed E-state index contributed by atoms with van der Waals surface area (Å²) in [5.41, 5.74) is 0.453. The summed E-state index contributed by atoms with van der Waals surface area (Å²) in [5, 5.41) is 6.78. The van der Waals surface area contributed by atoms with Gasteiger partial charge < -0.3 is 25.2 Å². The van der Waals surface area contributed by atoms with Crippen molar-refractivity contribution in [3.05, 3.63) is 33.8 Å². The highest BCUT2D eigenvalue weighted by atomic mass is 127. The molecular weight excluding hydrogens is 532 g/mol. The minimum Gasteiger partial charge on any atom is -0.450 e. The van der Waals surface area contributed by atoms with Gasteiger partial charge in [0.05, 0.1) is 16.7 Å². The van der Waals surface area contributed by atoms with Gasteiger partial charge >= 0.3 is 6.09 Å². The summed E-state index contributed by atoms with van der Waals surface area (Å²) in [5.74, 6) is 0.505. The molecule has 2 rings (SSSR count). The molecule has 0 radical (unpaired) electrons. The average Bonchev–Trinajstić information content (AvgIpc) is 2.70. The SMILES string of the molecule is CCOC(=O)N1CCN(C(=NC)NCCNC(=O)c2ccc(Cl)c(Cl)c2)CC1.I. The van der Waals surface area contributed by atoms with E-state index in [0.717, 1.165) is 5.96 Å². The Balaban J connectivity index is 0.00000420. The Morgan fingerprint density at radius 3 is 2.28 bits per heavy atom. The summed E-state index contributed by atoms with van der Waals surface area (Å²) in [7, 11) is 1.70. The largest absolute Gasteiger partial charge is 0.450 e. The lowest BCUT2D eigenvalue weighted by atomic mass is 10.2. The number of hydrogen-bond acceptors (Lipinski definition) is 4. The molecule has 1 aromatic carbocycles. The molecule has 0 atom stereocenters. The Labute approximate surface area is 198 Å². The molecule has 0 aliphatic carbocycles. The van der Waals surface area contributed by atoms with Gasteiger partial charge in [-0.2, -0.15) is 0 Å². The van der Waals surface area contributed by atoms with E-state index in [1.807, 2.05) is 0 Å². The molecule has 0 unspecified atom stereocenters. The van der Waals surface area contributed by atoms with E-state index < -0.39 is 0 Å². The second-order valence-electron chi connectivity index (χ2n) is 6.03. The number of carbonyl (C=O) groups excluding carboxylic acids is 2. The molecule has 0 bridgehead atoms. The zero-order chi connectivity index (χ0) is 20.5. The molecule has 0 spiro atoms. The molecule has 162 valence electrons. The highest BCUT2D eigenvalue weighted by Crippen LogP contribution is 2.22. The Morgan fingerprint density at radius 2 is 1.69 bits per heavy atom. The zero-order valence-corrected chi connectivity index (χ0v) is 20.3. The fourth-order valence-electron chi connectivity index (χ4n) is 2.74. The predicted octanol–water partition coefficient (Wildman–Crippen LogP) is 2.69. The normalized spacial score (nSPS) is 14.1. The number of nitrogens with one attached hydrogen (secondary N) is 2. The molecule has 1 saturated heterocycles. The van der Waals surface area contributed by atoms with Crippen LogP contribution >= 0.6 is 47.2 Å². The first-order valence-electron chi connectivity index (χ1n) is 9.06. The summed E-state index contributed by atoms with van der Waals surface area (Å²) in [4.78, 5) is 31.9. The first-order chi connectivity index (χ1) is 13.5. The topological polar surface area (TPSA) is 86.3 Å². The minimum atomic E-state index is -0.282. The lowest BCUT2D eigenvalue weighted by molar-refractivity contribution is 0.0914. The van der Waals surface area contributed by atoms with Crippen molar-refractivity contribution in [1.29, 1.82) is 0 Å². The molecule has 11 heteroatoms. The van der Waals surface area contributed by atoms with Crippen molar-refractivity contribution in [1.82, 2.24) is 20.4 Å². The molecule has 1 aliphatic heterocycles. The monoisotopic (exact) mass is 557 g/mol. The Bertz CT molecular complexity index is 727. The number of nitrogens with zero attached hydrogens (tertiary/aromatic N) is 3. The molecule has 29 heavy (non-hydrogen) atoms. The van der Waals surface area contributed by atoms with Crippen molar-refractivity contribution in [3.63, 3.8) is 0 Å². The van der Waals surface area contributed by atoms with E-state index >= 15 is 0 Å². The second-order valence-corrected chi connectivity index (χ2v) is 6.85. The third-order valence-electron chi connectivity index (χ3n) is 4.19. The van der Waals surface area contributed by atoms with Crippen molar-refractivity contribution in [3.8, 4) is 0 Å². The number of aliphatic imine (C=N–C) groups is 1. The highest BCUT2D eigenvalue weighted by Gasteiger charge is 2.23. The quantitative estimate of drug-likeness (QED) is 0.252. The summed E-state index contributed by atoms with van der Waals surface area (Å²) >= 11 is 11.8. The predicted molar refractivity (Wildman–Crippen MR) is 126 cm³/mol. The number of carbonyl (C=O) groups is 2. The maximum Gasteiger partial charge on any atom is 0.409 e. The van der Waals surface area contributed by atoms with Crippen molar-refractivity contribution in [2.75, 3.05) is 52.9 Å². The van der Waals surface area contributed by atoms with E-state index in [-0.39, 0.29) is 36.0 Å². The maximum absolute atomic E-state index is 12.1. The lowest BCUT2D eigenvalue weighted by Crippen LogP contribution is -2.54. The van der Waals surface area contributed by atoms with E-state index in [1.165, 1.54) is 6.07 Å². The molecule has 1 fully saturated rings. The van der Waals surface area contributed by atoms with Crippen LogP contribution in [0.4, 0.5) is 4.79 Å². The third kappa shape index (κ3) is 7.71. The number of piperazine rings is 1. The summed E-state index contributed by atoms with van der Waals surface area (Å²) in [6.07, 6.45) is -0.282. The van der Waals surface area contributed by atoms with Crippen LogP contribution in [0.15, 0.2) is 23.2 Å². The van der Waals surface area contributed by atoms with Crippen molar-refractivity contribution in [2.24, 2.45) is 4.99 Å². The van der Waals surface area contributed by atoms with Gasteiger partial charge in [0.1, 0.15) is 0 Å². The minimum absolute atomic E-state index is 0. The van der Waals surface area contributed by atoms with Crippen LogP contribution in [0.1, 0.15) is 17.3 Å². The molecule has 2 N–H and O–H groups in total. The van der Waals surface area contributed by atoms with Crippen molar-refractivity contribution in [2.45, 2.75) is 6.92 Å². The third-order valence-corrected chi connectivity index (χ3v) is 4.93. The summed E-state index contributed by atoms with van der Waals surface area (Å²) in [6.45, 7) is 5.57. The van der Waals surface area contributed by atoms with Crippen LogP contribution in [0, 0.1) is 0 Å². The van der Waals surface area contributed by atoms with Crippen LogP contribution < -0.4 is 10.6 Å². The molecule has 2 amide bonds. The number of benzene rings is 1. The standard InChI is InChI=1S/C18H25Cl2N5O3.HI/c1-3-28-18(27)25-10-8-24(9-11-25)17(21-2)23-7-6-22-16(26)13-4-5-14(19)15(20)12-13;/h4-5,12H,3,6-11H2,1-2H3,(H,21,23)(H,22,26);1H. The fourth-order valence-corrected chi connectivity index (χ4v) is 3.04. The van der Waals surface area contributed by atoms with Gasteiger partial charge in [-0.3, -0.25) is 9.79 Å². The van der Waals surface area contributed by atoms with E-state index in [4.69, 9.17) is 27.9 Å². The van der Waals surface area contributed by atoms with Crippen molar-refractivity contribution >= 4 is 65.1 Å². The van der Waals surface area contributed by atoms with Crippen LogP contribution in [-0.2, 0) is 4.74 Å². The Kier molecular flexibility index (Phi) is 11.4. The van der Waals surface area contributed by atoms with Gasteiger partial charge in [0.25, 0.3) is 5.91 Å². The summed E-state index contributed by atoms with van der Waals surface area (Å²) in [6, 6.07) is 4.75. The van der Waals surface area contributed by atoms with E-state index in [2.05, 4.69) is 20.5 Å². The van der Waals surface area contributed by atoms with Gasteiger partial charge in [-0.1, -0.05) is 23.2 Å². The van der Waals surface area contributed by atoms with Gasteiger partial charge in [-0.25, -0.2) is 4.79 Å². The first-order valence-corrected chi connectivity index (χ1v) is 9.82. The molecule has 1 heterocycles. The number of hydrogen-bond donors (Lipinski definition) is 2. The fraction of sp³-hybridized carbons (Fsp3) is 0.500. The van der Waals surface area contributed by atoms with Crippen LogP contribution in [0.2, 0.25) is 10.0 Å². The average molecular weight is 558 g/mol. The van der Waals surface area contributed by atoms with Crippen LogP contribution in [0.3, 0.4) is 0 Å².